The topological polar surface area (TPSA) is 109 Å². The molecule has 144 valence electrons. The maximum Gasteiger partial charge on any atom is 0.291 e. The van der Waals surface area contributed by atoms with Crippen LogP contribution >= 0.6 is 0 Å². The SMILES string of the molecule is Cc1cc(C)n(-c2cc(N3CC4CN(C(=O)c5ncn[nH]5)CC4C3)ncn2)n1. The summed E-state index contributed by atoms with van der Waals surface area (Å²) in [5.41, 5.74) is 2.01. The lowest BCUT2D eigenvalue weighted by molar-refractivity contribution is 0.0771. The number of likely N-dealkylation sites (tertiary alicyclic amines) is 1. The number of amides is 1. The second-order valence-corrected chi connectivity index (χ2v) is 7.54. The number of carbonyl (C=O) groups excluding carboxylic acids is 1. The molecule has 3 aromatic heterocycles. The van der Waals surface area contributed by atoms with Crippen LogP contribution in [0.2, 0.25) is 0 Å². The molecule has 1 N–H and O–H groups in total. The maximum atomic E-state index is 12.5. The highest BCUT2D eigenvalue weighted by molar-refractivity contribution is 5.90. The van der Waals surface area contributed by atoms with Crippen molar-refractivity contribution in [2.24, 2.45) is 11.8 Å². The summed E-state index contributed by atoms with van der Waals surface area (Å²) in [6.45, 7) is 7.20. The zero-order valence-corrected chi connectivity index (χ0v) is 15.8. The van der Waals surface area contributed by atoms with Crippen LogP contribution in [0.1, 0.15) is 22.0 Å². The van der Waals surface area contributed by atoms with Gasteiger partial charge in [-0.3, -0.25) is 9.89 Å². The zero-order chi connectivity index (χ0) is 19.3. The summed E-state index contributed by atoms with van der Waals surface area (Å²) in [7, 11) is 0. The average Bonchev–Trinajstić information content (AvgIpc) is 3.45. The number of fused-ring (bicyclic) bond motifs is 1. The first-order valence-electron chi connectivity index (χ1n) is 9.34. The third-order valence-electron chi connectivity index (χ3n) is 5.58. The Bertz CT molecular complexity index is 998. The third-order valence-corrected chi connectivity index (χ3v) is 5.58. The lowest BCUT2D eigenvalue weighted by Gasteiger charge is -2.22. The number of rotatable bonds is 3. The van der Waals surface area contributed by atoms with Crippen molar-refractivity contribution in [1.82, 2.24) is 39.8 Å². The van der Waals surface area contributed by atoms with Crippen molar-refractivity contribution >= 4 is 11.7 Å². The van der Waals surface area contributed by atoms with Crippen molar-refractivity contribution in [3.05, 3.63) is 42.0 Å². The molecule has 28 heavy (non-hydrogen) atoms. The van der Waals surface area contributed by atoms with Crippen LogP contribution in [0.25, 0.3) is 5.82 Å². The highest BCUT2D eigenvalue weighted by Crippen LogP contribution is 2.34. The molecule has 2 aliphatic heterocycles. The molecular formula is C18H21N9O. The molecule has 3 aromatic rings. The number of H-pyrrole nitrogens is 1. The Kier molecular flexibility index (Phi) is 3.85. The summed E-state index contributed by atoms with van der Waals surface area (Å²) < 4.78 is 1.84. The number of hydrogen-bond acceptors (Lipinski definition) is 7. The van der Waals surface area contributed by atoms with Gasteiger partial charge >= 0.3 is 0 Å². The minimum Gasteiger partial charge on any atom is -0.356 e. The van der Waals surface area contributed by atoms with Crippen molar-refractivity contribution in [3.8, 4) is 5.82 Å². The minimum absolute atomic E-state index is 0.0766. The predicted octanol–water partition coefficient (Wildman–Crippen LogP) is 0.606. The summed E-state index contributed by atoms with van der Waals surface area (Å²) in [6, 6.07) is 4.01. The van der Waals surface area contributed by atoms with Crippen molar-refractivity contribution in [2.45, 2.75) is 13.8 Å². The standard InChI is InChI=1S/C18H21N9O/c1-11-3-12(2)27(24-11)16-4-15(19-9-20-16)25-5-13-7-26(8-14(13)6-25)18(28)17-21-10-22-23-17/h3-4,9-10,13-14H,5-8H2,1-2H3,(H,21,22,23). The number of nitrogens with one attached hydrogen (secondary N) is 1. The van der Waals surface area contributed by atoms with Gasteiger partial charge in [0.15, 0.2) is 5.82 Å². The molecule has 2 saturated heterocycles. The van der Waals surface area contributed by atoms with E-state index < -0.39 is 0 Å². The summed E-state index contributed by atoms with van der Waals surface area (Å²) in [6.07, 6.45) is 2.95. The van der Waals surface area contributed by atoms with Gasteiger partial charge in [-0.05, 0) is 19.9 Å². The van der Waals surface area contributed by atoms with Crippen LogP contribution < -0.4 is 4.90 Å². The van der Waals surface area contributed by atoms with Crippen LogP contribution in [0.5, 0.6) is 0 Å². The zero-order valence-electron chi connectivity index (χ0n) is 15.8. The molecule has 0 saturated carbocycles. The van der Waals surface area contributed by atoms with Gasteiger partial charge < -0.3 is 9.80 Å². The number of aryl methyl sites for hydroxylation is 2. The van der Waals surface area contributed by atoms with Crippen molar-refractivity contribution < 1.29 is 4.79 Å². The summed E-state index contributed by atoms with van der Waals surface area (Å²) >= 11 is 0. The number of aromatic nitrogens is 7. The van der Waals surface area contributed by atoms with Crippen LogP contribution in [0.3, 0.4) is 0 Å². The van der Waals surface area contributed by atoms with Gasteiger partial charge in [-0.15, -0.1) is 0 Å². The van der Waals surface area contributed by atoms with E-state index in [2.05, 4.69) is 35.1 Å². The maximum absolute atomic E-state index is 12.5. The minimum atomic E-state index is -0.0766. The molecule has 0 aromatic carbocycles. The van der Waals surface area contributed by atoms with Gasteiger partial charge in [-0.1, -0.05) is 0 Å². The normalized spacial score (nSPS) is 21.4. The van der Waals surface area contributed by atoms with Crippen molar-refractivity contribution in [2.75, 3.05) is 31.1 Å². The molecule has 0 spiro atoms. The first kappa shape index (κ1) is 16.8. The fraction of sp³-hybridized carbons (Fsp3) is 0.444. The summed E-state index contributed by atoms with van der Waals surface area (Å²) in [5, 5.41) is 10.9. The molecule has 0 aliphatic carbocycles. The Balaban J connectivity index is 1.30. The first-order valence-corrected chi connectivity index (χ1v) is 9.34. The van der Waals surface area contributed by atoms with Crippen molar-refractivity contribution in [3.63, 3.8) is 0 Å². The molecule has 2 atom stereocenters. The van der Waals surface area contributed by atoms with E-state index in [-0.39, 0.29) is 5.91 Å². The van der Waals surface area contributed by atoms with E-state index in [1.54, 1.807) is 6.33 Å². The largest absolute Gasteiger partial charge is 0.356 e. The van der Waals surface area contributed by atoms with Gasteiger partial charge in [0, 0.05) is 49.8 Å². The smallest absolute Gasteiger partial charge is 0.291 e. The van der Waals surface area contributed by atoms with E-state index in [9.17, 15) is 4.79 Å². The van der Waals surface area contributed by atoms with Gasteiger partial charge in [-0.2, -0.15) is 10.2 Å². The Morgan fingerprint density at radius 2 is 1.75 bits per heavy atom. The van der Waals surface area contributed by atoms with Crippen LogP contribution in [0, 0.1) is 25.7 Å². The van der Waals surface area contributed by atoms with Gasteiger partial charge in [0.25, 0.3) is 5.91 Å². The van der Waals surface area contributed by atoms with E-state index >= 15 is 0 Å². The van der Waals surface area contributed by atoms with E-state index in [0.717, 1.165) is 49.2 Å². The lowest BCUT2D eigenvalue weighted by Crippen LogP contribution is -2.34. The fourth-order valence-electron chi connectivity index (χ4n) is 4.29. The van der Waals surface area contributed by atoms with Gasteiger partial charge in [0.2, 0.25) is 5.82 Å². The molecule has 2 fully saturated rings. The molecule has 5 rings (SSSR count). The van der Waals surface area contributed by atoms with Gasteiger partial charge in [-0.25, -0.2) is 19.6 Å². The Hall–Kier alpha value is -3.30. The predicted molar refractivity (Wildman–Crippen MR) is 100 cm³/mol. The number of anilines is 1. The van der Waals surface area contributed by atoms with E-state index in [1.807, 2.05) is 35.6 Å². The lowest BCUT2D eigenvalue weighted by atomic mass is 10.0. The third kappa shape index (κ3) is 2.81. The Morgan fingerprint density at radius 3 is 2.39 bits per heavy atom. The van der Waals surface area contributed by atoms with E-state index in [1.165, 1.54) is 6.33 Å². The van der Waals surface area contributed by atoms with E-state index in [4.69, 9.17) is 0 Å². The number of hydrogen-bond donors (Lipinski definition) is 1. The van der Waals surface area contributed by atoms with Crippen LogP contribution in [0.4, 0.5) is 5.82 Å². The van der Waals surface area contributed by atoms with Gasteiger partial charge in [0.1, 0.15) is 18.5 Å². The molecule has 2 unspecified atom stereocenters. The van der Waals surface area contributed by atoms with Crippen LogP contribution in [0.15, 0.2) is 24.8 Å². The molecule has 0 bridgehead atoms. The molecule has 0 radical (unpaired) electrons. The Labute approximate surface area is 161 Å². The second-order valence-electron chi connectivity index (χ2n) is 7.54. The highest BCUT2D eigenvalue weighted by atomic mass is 16.2. The quantitative estimate of drug-likeness (QED) is 0.710. The number of aromatic amines is 1. The van der Waals surface area contributed by atoms with Crippen molar-refractivity contribution in [1.29, 1.82) is 0 Å². The van der Waals surface area contributed by atoms with Crippen LogP contribution in [-0.2, 0) is 0 Å². The molecule has 10 nitrogen and oxygen atoms in total. The first-order chi connectivity index (χ1) is 13.6. The summed E-state index contributed by atoms with van der Waals surface area (Å²) in [5.74, 6) is 2.77. The summed E-state index contributed by atoms with van der Waals surface area (Å²) in [4.78, 5) is 29.5. The number of nitrogens with zero attached hydrogens (tertiary/aromatic N) is 8. The van der Waals surface area contributed by atoms with E-state index in [0.29, 0.717) is 17.7 Å². The highest BCUT2D eigenvalue weighted by Gasteiger charge is 2.42. The fourth-order valence-corrected chi connectivity index (χ4v) is 4.29. The molecule has 2 aliphatic rings. The average molecular weight is 379 g/mol. The van der Waals surface area contributed by atoms with Gasteiger partial charge in [0.05, 0.1) is 5.69 Å². The monoisotopic (exact) mass is 379 g/mol. The second kappa shape index (κ2) is 6.39. The van der Waals surface area contributed by atoms with Crippen LogP contribution in [-0.4, -0.2) is 71.9 Å². The number of carbonyl (C=O) groups is 1. The molecule has 1 amide bonds. The Morgan fingerprint density at radius 1 is 1.00 bits per heavy atom. The molecule has 10 heteroatoms. The molecular weight excluding hydrogens is 358 g/mol. The molecule has 5 heterocycles.